The van der Waals surface area contributed by atoms with E-state index in [2.05, 4.69) is 0 Å². The molecule has 0 aromatic carbocycles. The lowest BCUT2D eigenvalue weighted by Gasteiger charge is -2.10. The molecule has 0 aliphatic rings. The molecule has 2 nitrogen and oxygen atoms in total. The molecule has 1 rings (SSSR count). The zero-order valence-electron chi connectivity index (χ0n) is 6.84. The van der Waals surface area contributed by atoms with E-state index in [1.54, 1.807) is 0 Å². The number of hydrogen-bond donors (Lipinski definition) is 1. The van der Waals surface area contributed by atoms with Gasteiger partial charge in [-0.2, -0.15) is 13.2 Å². The maximum absolute atomic E-state index is 11.8. The number of furan rings is 1. The van der Waals surface area contributed by atoms with Crippen molar-refractivity contribution in [3.8, 4) is 0 Å². The van der Waals surface area contributed by atoms with Crippen LogP contribution in [-0.2, 0) is 0 Å². The van der Waals surface area contributed by atoms with E-state index in [9.17, 15) is 13.2 Å². The van der Waals surface area contributed by atoms with Crippen LogP contribution in [-0.4, -0.2) is 6.18 Å². The maximum Gasteiger partial charge on any atom is 0.391 e. The summed E-state index contributed by atoms with van der Waals surface area (Å²) in [6, 6.07) is 1.50. The fraction of sp³-hybridized carbons (Fsp3) is 0.429. The lowest BCUT2D eigenvalue weighted by Crippen LogP contribution is -2.19. The van der Waals surface area contributed by atoms with E-state index in [1.165, 1.54) is 12.1 Å². The Morgan fingerprint density at radius 1 is 1.43 bits per heavy atom. The van der Waals surface area contributed by atoms with E-state index in [0.29, 0.717) is 0 Å². The van der Waals surface area contributed by atoms with Gasteiger partial charge in [0.15, 0.2) is 5.22 Å². The highest BCUT2D eigenvalue weighted by Gasteiger charge is 2.32. The number of rotatable bonds is 2. The molecule has 0 unspecified atom stereocenters. The molecular weight excluding hydrogens is 242 g/mol. The second kappa shape index (κ2) is 4.91. The predicted octanol–water partition coefficient (Wildman–Crippen LogP) is 3.31. The molecule has 82 valence electrons. The van der Waals surface area contributed by atoms with Gasteiger partial charge >= 0.3 is 6.18 Å². The monoisotopic (exact) mass is 249 g/mol. The Labute approximate surface area is 89.6 Å². The van der Waals surface area contributed by atoms with Gasteiger partial charge in [-0.05, 0) is 23.7 Å². The van der Waals surface area contributed by atoms with E-state index < -0.39 is 18.6 Å². The number of halogens is 5. The van der Waals surface area contributed by atoms with Crippen molar-refractivity contribution in [1.29, 1.82) is 0 Å². The van der Waals surface area contributed by atoms with Crippen LogP contribution in [0.25, 0.3) is 0 Å². The zero-order valence-corrected chi connectivity index (χ0v) is 8.42. The normalized spacial score (nSPS) is 13.5. The van der Waals surface area contributed by atoms with Gasteiger partial charge in [-0.25, -0.2) is 0 Å². The summed E-state index contributed by atoms with van der Waals surface area (Å²) in [6.45, 7) is 0. The average molecular weight is 250 g/mol. The van der Waals surface area contributed by atoms with E-state index in [0.717, 1.165) is 0 Å². The second-order valence-corrected chi connectivity index (χ2v) is 2.94. The highest BCUT2D eigenvalue weighted by atomic mass is 35.5. The van der Waals surface area contributed by atoms with E-state index >= 15 is 0 Å². The summed E-state index contributed by atoms with van der Waals surface area (Å²) in [5, 5.41) is 0.0348. The van der Waals surface area contributed by atoms with Gasteiger partial charge < -0.3 is 10.2 Å². The first-order chi connectivity index (χ1) is 5.88. The third-order valence-electron chi connectivity index (χ3n) is 1.41. The van der Waals surface area contributed by atoms with Crippen molar-refractivity contribution in [3.63, 3.8) is 0 Å². The van der Waals surface area contributed by atoms with Gasteiger partial charge in [-0.15, -0.1) is 12.4 Å². The van der Waals surface area contributed by atoms with Gasteiger partial charge in [0.05, 0.1) is 12.5 Å². The van der Waals surface area contributed by atoms with Crippen molar-refractivity contribution < 1.29 is 17.6 Å². The molecule has 0 amide bonds. The van der Waals surface area contributed by atoms with E-state index in [4.69, 9.17) is 21.8 Å². The van der Waals surface area contributed by atoms with Crippen molar-refractivity contribution in [1.82, 2.24) is 0 Å². The lowest BCUT2D eigenvalue weighted by atomic mass is 10.2. The number of alkyl halides is 3. The van der Waals surface area contributed by atoms with Crippen molar-refractivity contribution in [3.05, 3.63) is 23.1 Å². The standard InChI is InChI=1S/C7H7ClF3NO.ClH/c8-6-2-1-5(13-6)4(12)3-7(9,10)11;/h1-2,4H,3,12H2;1H/t4-;/m0./s1. The smallest absolute Gasteiger partial charge is 0.391 e. The zero-order chi connectivity index (χ0) is 10.1. The third-order valence-corrected chi connectivity index (χ3v) is 1.61. The van der Waals surface area contributed by atoms with Gasteiger partial charge in [-0.3, -0.25) is 0 Å². The van der Waals surface area contributed by atoms with Crippen LogP contribution >= 0.6 is 24.0 Å². The Hall–Kier alpha value is -0.390. The van der Waals surface area contributed by atoms with Gasteiger partial charge in [0.25, 0.3) is 0 Å². The molecule has 0 aliphatic heterocycles. The fourth-order valence-corrected chi connectivity index (χ4v) is 1.03. The molecule has 1 aromatic heterocycles. The summed E-state index contributed by atoms with van der Waals surface area (Å²) in [4.78, 5) is 0. The number of nitrogens with two attached hydrogens (primary N) is 1. The summed E-state index contributed by atoms with van der Waals surface area (Å²) in [6.07, 6.45) is -5.41. The van der Waals surface area contributed by atoms with Crippen LogP contribution in [0.5, 0.6) is 0 Å². The Bertz CT molecular complexity index is 287. The minimum atomic E-state index is -4.29. The Morgan fingerprint density at radius 2 is 2.00 bits per heavy atom. The molecule has 1 heterocycles. The summed E-state index contributed by atoms with van der Waals surface area (Å²) in [5.74, 6) is 0.0438. The third kappa shape index (κ3) is 4.21. The molecule has 0 bridgehead atoms. The summed E-state index contributed by atoms with van der Waals surface area (Å²) in [7, 11) is 0. The van der Waals surface area contributed by atoms with Gasteiger partial charge in [-0.1, -0.05) is 0 Å². The molecule has 0 saturated carbocycles. The quantitative estimate of drug-likeness (QED) is 0.874. The fourth-order valence-electron chi connectivity index (χ4n) is 0.878. The maximum atomic E-state index is 11.8. The van der Waals surface area contributed by atoms with Crippen LogP contribution in [0.2, 0.25) is 5.22 Å². The van der Waals surface area contributed by atoms with Crippen LogP contribution in [0, 0.1) is 0 Å². The molecule has 0 saturated heterocycles. The largest absolute Gasteiger partial charge is 0.448 e. The molecule has 0 aliphatic carbocycles. The SMILES string of the molecule is Cl.N[C@@H](CC(F)(F)F)c1ccc(Cl)o1. The molecule has 1 aromatic rings. The molecule has 1 atom stereocenters. The molecule has 7 heteroatoms. The van der Waals surface area contributed by atoms with Crippen molar-refractivity contribution in [2.45, 2.75) is 18.6 Å². The van der Waals surface area contributed by atoms with Crippen LogP contribution in [0.15, 0.2) is 16.5 Å². The van der Waals surface area contributed by atoms with Crippen LogP contribution < -0.4 is 5.73 Å². The summed E-state index contributed by atoms with van der Waals surface area (Å²) in [5.41, 5.74) is 5.22. The highest BCUT2D eigenvalue weighted by molar-refractivity contribution is 6.28. The van der Waals surface area contributed by atoms with Crippen LogP contribution in [0.4, 0.5) is 13.2 Å². The molecule has 0 fully saturated rings. The van der Waals surface area contributed by atoms with E-state index in [-0.39, 0.29) is 23.4 Å². The topological polar surface area (TPSA) is 39.2 Å². The molecule has 0 radical (unpaired) electrons. The summed E-state index contributed by atoms with van der Waals surface area (Å²) >= 11 is 5.37. The number of hydrogen-bond acceptors (Lipinski definition) is 2. The minimum Gasteiger partial charge on any atom is -0.448 e. The minimum absolute atomic E-state index is 0. The first-order valence-electron chi connectivity index (χ1n) is 3.46. The second-order valence-electron chi connectivity index (χ2n) is 2.57. The first kappa shape index (κ1) is 13.6. The van der Waals surface area contributed by atoms with E-state index in [1.807, 2.05) is 0 Å². The Morgan fingerprint density at radius 3 is 2.36 bits per heavy atom. The summed E-state index contributed by atoms with van der Waals surface area (Å²) < 4.78 is 40.3. The predicted molar refractivity (Wildman–Crippen MR) is 48.6 cm³/mol. The van der Waals surface area contributed by atoms with Crippen molar-refractivity contribution in [2.24, 2.45) is 5.73 Å². The first-order valence-corrected chi connectivity index (χ1v) is 3.84. The van der Waals surface area contributed by atoms with Gasteiger partial charge in [0.1, 0.15) is 5.76 Å². The molecule has 14 heavy (non-hydrogen) atoms. The van der Waals surface area contributed by atoms with Crippen LogP contribution in [0.3, 0.4) is 0 Å². The Kier molecular flexibility index (Phi) is 4.77. The average Bonchev–Trinajstić information content (AvgIpc) is 2.31. The molecule has 0 spiro atoms. The lowest BCUT2D eigenvalue weighted by molar-refractivity contribution is -0.139. The van der Waals surface area contributed by atoms with Crippen molar-refractivity contribution in [2.75, 3.05) is 0 Å². The Balaban J connectivity index is 0.00000169. The van der Waals surface area contributed by atoms with Gasteiger partial charge in [0, 0.05) is 0 Å². The molecule has 2 N–H and O–H groups in total. The van der Waals surface area contributed by atoms with Gasteiger partial charge in [0.2, 0.25) is 0 Å². The molecular formula is C7H8Cl2F3NO. The highest BCUT2D eigenvalue weighted by Crippen LogP contribution is 2.29. The van der Waals surface area contributed by atoms with Crippen LogP contribution in [0.1, 0.15) is 18.2 Å². The van der Waals surface area contributed by atoms with Crippen molar-refractivity contribution >= 4 is 24.0 Å².